The van der Waals surface area contributed by atoms with Gasteiger partial charge in [0.2, 0.25) is 0 Å². The van der Waals surface area contributed by atoms with Gasteiger partial charge in [0.1, 0.15) is 0 Å². The van der Waals surface area contributed by atoms with Crippen LogP contribution in [-0.4, -0.2) is 0 Å². The van der Waals surface area contributed by atoms with E-state index in [0.717, 1.165) is 23.4 Å². The zero-order valence-corrected chi connectivity index (χ0v) is 13.7. The third-order valence-corrected chi connectivity index (χ3v) is 6.79. The maximum atomic E-state index is 6.31. The summed E-state index contributed by atoms with van der Waals surface area (Å²) in [6.45, 7) is 0. The molecule has 6 rings (SSSR count). The SMILES string of the molecule is Nc1ccc(C23CC4CC(CC(C4)C2)C3)cc1-c1ccccc1. The number of hydrogen-bond donors (Lipinski definition) is 1. The Hall–Kier alpha value is -1.76. The molecule has 1 nitrogen and oxygen atoms in total. The van der Waals surface area contributed by atoms with Crippen LogP contribution in [0.5, 0.6) is 0 Å². The van der Waals surface area contributed by atoms with Gasteiger partial charge in [-0.15, -0.1) is 0 Å². The van der Waals surface area contributed by atoms with Crippen molar-refractivity contribution in [3.8, 4) is 11.1 Å². The minimum absolute atomic E-state index is 0.450. The molecule has 0 aliphatic heterocycles. The van der Waals surface area contributed by atoms with Crippen LogP contribution in [0.15, 0.2) is 48.5 Å². The second kappa shape index (κ2) is 4.87. The summed E-state index contributed by atoms with van der Waals surface area (Å²) in [5.74, 6) is 2.96. The topological polar surface area (TPSA) is 26.0 Å². The summed E-state index contributed by atoms with van der Waals surface area (Å²) in [6.07, 6.45) is 8.74. The number of anilines is 1. The van der Waals surface area contributed by atoms with Crippen molar-refractivity contribution in [2.24, 2.45) is 17.8 Å². The van der Waals surface area contributed by atoms with Gasteiger partial charge in [-0.1, -0.05) is 36.4 Å². The molecule has 1 heteroatoms. The van der Waals surface area contributed by atoms with E-state index in [1.165, 1.54) is 49.7 Å². The first-order valence-corrected chi connectivity index (χ1v) is 9.17. The quantitative estimate of drug-likeness (QED) is 0.738. The van der Waals surface area contributed by atoms with Crippen LogP contribution in [0, 0.1) is 17.8 Å². The second-order valence-electron chi connectivity index (χ2n) is 8.37. The maximum Gasteiger partial charge on any atom is 0.0393 e. The summed E-state index contributed by atoms with van der Waals surface area (Å²) in [4.78, 5) is 0. The van der Waals surface area contributed by atoms with Gasteiger partial charge in [-0.2, -0.15) is 0 Å². The van der Waals surface area contributed by atoms with E-state index in [1.807, 2.05) is 0 Å². The van der Waals surface area contributed by atoms with E-state index >= 15 is 0 Å². The molecule has 4 fully saturated rings. The van der Waals surface area contributed by atoms with Crippen LogP contribution in [0.4, 0.5) is 5.69 Å². The highest BCUT2D eigenvalue weighted by Crippen LogP contribution is 2.61. The molecule has 4 bridgehead atoms. The first-order valence-electron chi connectivity index (χ1n) is 9.17. The van der Waals surface area contributed by atoms with Gasteiger partial charge in [-0.3, -0.25) is 0 Å². The average molecular weight is 303 g/mol. The Morgan fingerprint density at radius 3 is 2.00 bits per heavy atom. The molecule has 0 amide bonds. The van der Waals surface area contributed by atoms with E-state index in [1.54, 1.807) is 5.56 Å². The monoisotopic (exact) mass is 303 g/mol. The van der Waals surface area contributed by atoms with Gasteiger partial charge < -0.3 is 5.73 Å². The van der Waals surface area contributed by atoms with Gasteiger partial charge in [0, 0.05) is 11.3 Å². The van der Waals surface area contributed by atoms with Gasteiger partial charge in [0.25, 0.3) is 0 Å². The second-order valence-corrected chi connectivity index (χ2v) is 8.37. The van der Waals surface area contributed by atoms with Crippen LogP contribution < -0.4 is 5.73 Å². The first-order chi connectivity index (χ1) is 11.2. The molecular weight excluding hydrogens is 278 g/mol. The van der Waals surface area contributed by atoms with Crippen molar-refractivity contribution in [1.29, 1.82) is 0 Å². The van der Waals surface area contributed by atoms with Crippen LogP contribution in [0.1, 0.15) is 44.1 Å². The van der Waals surface area contributed by atoms with Gasteiger partial charge in [0.05, 0.1) is 0 Å². The van der Waals surface area contributed by atoms with Crippen LogP contribution >= 0.6 is 0 Å². The molecule has 0 heterocycles. The molecule has 4 aliphatic rings. The zero-order valence-electron chi connectivity index (χ0n) is 13.7. The summed E-state index contributed by atoms with van der Waals surface area (Å²) in [5.41, 5.74) is 11.7. The number of benzene rings is 2. The average Bonchev–Trinajstić information content (AvgIpc) is 2.55. The molecule has 0 radical (unpaired) electrons. The molecule has 2 aromatic rings. The van der Waals surface area contributed by atoms with Crippen molar-refractivity contribution >= 4 is 5.69 Å². The number of nitrogen functional groups attached to an aromatic ring is 1. The minimum Gasteiger partial charge on any atom is -0.398 e. The molecule has 0 aromatic heterocycles. The van der Waals surface area contributed by atoms with Crippen molar-refractivity contribution in [2.75, 3.05) is 5.73 Å². The Bertz CT molecular complexity index is 696. The fraction of sp³-hybridized carbons (Fsp3) is 0.455. The Balaban J connectivity index is 1.59. The minimum atomic E-state index is 0.450. The maximum absolute atomic E-state index is 6.31. The van der Waals surface area contributed by atoms with E-state index in [9.17, 15) is 0 Å². The lowest BCUT2D eigenvalue weighted by atomic mass is 9.48. The fourth-order valence-corrected chi connectivity index (χ4v) is 6.22. The third-order valence-electron chi connectivity index (χ3n) is 6.79. The molecule has 118 valence electrons. The van der Waals surface area contributed by atoms with Crippen molar-refractivity contribution in [3.05, 3.63) is 54.1 Å². The van der Waals surface area contributed by atoms with Crippen LogP contribution in [0.2, 0.25) is 0 Å². The van der Waals surface area contributed by atoms with E-state index < -0.39 is 0 Å². The standard InChI is InChI=1S/C22H25N/c23-21-7-6-19(11-20(21)18-4-2-1-3-5-18)22-12-15-8-16(13-22)10-17(9-15)14-22/h1-7,11,15-17H,8-10,12-14,23H2. The summed E-state index contributed by atoms with van der Waals surface area (Å²) < 4.78 is 0. The van der Waals surface area contributed by atoms with Crippen molar-refractivity contribution in [2.45, 2.75) is 43.9 Å². The van der Waals surface area contributed by atoms with Gasteiger partial charge in [0.15, 0.2) is 0 Å². The lowest BCUT2D eigenvalue weighted by Gasteiger charge is -2.57. The Morgan fingerprint density at radius 2 is 1.39 bits per heavy atom. The highest BCUT2D eigenvalue weighted by molar-refractivity contribution is 5.77. The van der Waals surface area contributed by atoms with E-state index in [-0.39, 0.29) is 0 Å². The lowest BCUT2D eigenvalue weighted by Crippen LogP contribution is -2.48. The fourth-order valence-electron chi connectivity index (χ4n) is 6.22. The van der Waals surface area contributed by atoms with Crippen LogP contribution in [0.3, 0.4) is 0 Å². The van der Waals surface area contributed by atoms with E-state index in [4.69, 9.17) is 5.73 Å². The highest BCUT2D eigenvalue weighted by Gasteiger charge is 2.51. The molecular formula is C22H25N. The van der Waals surface area contributed by atoms with Crippen molar-refractivity contribution in [1.82, 2.24) is 0 Å². The zero-order chi connectivity index (χ0) is 15.4. The summed E-state index contributed by atoms with van der Waals surface area (Å²) >= 11 is 0. The summed E-state index contributed by atoms with van der Waals surface area (Å²) in [5, 5.41) is 0. The van der Waals surface area contributed by atoms with E-state index in [0.29, 0.717) is 5.41 Å². The number of hydrogen-bond acceptors (Lipinski definition) is 1. The smallest absolute Gasteiger partial charge is 0.0393 e. The normalized spacial score (nSPS) is 34.7. The van der Waals surface area contributed by atoms with Crippen molar-refractivity contribution in [3.63, 3.8) is 0 Å². The van der Waals surface area contributed by atoms with E-state index in [2.05, 4.69) is 48.5 Å². The predicted molar refractivity (Wildman–Crippen MR) is 96.1 cm³/mol. The predicted octanol–water partition coefficient (Wildman–Crippen LogP) is 5.40. The van der Waals surface area contributed by atoms with Crippen LogP contribution in [0.25, 0.3) is 11.1 Å². The molecule has 4 aliphatic carbocycles. The molecule has 2 N–H and O–H groups in total. The highest BCUT2D eigenvalue weighted by atomic mass is 14.6. The summed E-state index contributed by atoms with van der Waals surface area (Å²) in [7, 11) is 0. The van der Waals surface area contributed by atoms with Crippen molar-refractivity contribution < 1.29 is 0 Å². The number of rotatable bonds is 2. The molecule has 0 unspecified atom stereocenters. The molecule has 2 aromatic carbocycles. The number of nitrogens with two attached hydrogens (primary N) is 1. The Labute approximate surface area is 138 Å². The molecule has 0 saturated heterocycles. The Morgan fingerprint density at radius 1 is 0.783 bits per heavy atom. The molecule has 0 atom stereocenters. The van der Waals surface area contributed by atoms with Crippen LogP contribution in [-0.2, 0) is 5.41 Å². The third kappa shape index (κ3) is 2.13. The Kier molecular flexibility index (Phi) is 2.89. The van der Waals surface area contributed by atoms with Gasteiger partial charge >= 0.3 is 0 Å². The molecule has 4 saturated carbocycles. The largest absolute Gasteiger partial charge is 0.398 e. The first kappa shape index (κ1) is 13.7. The van der Waals surface area contributed by atoms with Gasteiger partial charge in [-0.25, -0.2) is 0 Å². The molecule has 23 heavy (non-hydrogen) atoms. The lowest BCUT2D eigenvalue weighted by molar-refractivity contribution is -0.00516. The summed E-state index contributed by atoms with van der Waals surface area (Å²) in [6, 6.07) is 17.5. The van der Waals surface area contributed by atoms with Gasteiger partial charge in [-0.05, 0) is 85.0 Å². The molecule has 0 spiro atoms.